The molecule has 2 N–H and O–H groups in total. The Balaban J connectivity index is 2.58. The lowest BCUT2D eigenvalue weighted by Crippen LogP contribution is -2.13. The van der Waals surface area contributed by atoms with E-state index < -0.39 is 0 Å². The minimum atomic E-state index is 0.272. The van der Waals surface area contributed by atoms with E-state index in [1.165, 1.54) is 0 Å². The highest BCUT2D eigenvalue weighted by Crippen LogP contribution is 2.26. The summed E-state index contributed by atoms with van der Waals surface area (Å²) in [6.45, 7) is 2.80. The summed E-state index contributed by atoms with van der Waals surface area (Å²) in [6, 6.07) is 5.43. The van der Waals surface area contributed by atoms with E-state index in [1.807, 2.05) is 23.9 Å². The predicted molar refractivity (Wildman–Crippen MR) is 80.5 cm³/mol. The second-order valence-corrected chi connectivity index (χ2v) is 5.62. The molecule has 94 valence electrons. The van der Waals surface area contributed by atoms with Gasteiger partial charge in [0.15, 0.2) is 0 Å². The molecule has 0 spiro atoms. The largest absolute Gasteiger partial charge is 0.493 e. The molecule has 1 aromatic carbocycles. The van der Waals surface area contributed by atoms with Crippen LogP contribution in [0.15, 0.2) is 18.2 Å². The van der Waals surface area contributed by atoms with E-state index in [2.05, 4.69) is 6.92 Å². The van der Waals surface area contributed by atoms with Crippen molar-refractivity contribution in [2.24, 2.45) is 5.73 Å². The first-order valence-electron chi connectivity index (χ1n) is 5.45. The van der Waals surface area contributed by atoms with Crippen LogP contribution in [0.5, 0.6) is 5.75 Å². The molecule has 5 heteroatoms. The molecule has 0 bridgehead atoms. The predicted octanol–water partition coefficient (Wildman–Crippen LogP) is 3.50. The molecule has 0 heterocycles. The van der Waals surface area contributed by atoms with Crippen LogP contribution in [0.1, 0.15) is 18.9 Å². The van der Waals surface area contributed by atoms with Crippen molar-refractivity contribution in [2.75, 3.05) is 18.1 Å². The fourth-order valence-electron chi connectivity index (χ4n) is 1.35. The molecule has 0 atom stereocenters. The summed E-state index contributed by atoms with van der Waals surface area (Å²) in [6.07, 6.45) is 1.00. The number of ether oxygens (including phenoxy) is 1. The number of halogens is 1. The summed E-state index contributed by atoms with van der Waals surface area (Å²) in [5.74, 6) is 2.90. The van der Waals surface area contributed by atoms with Crippen molar-refractivity contribution in [3.8, 4) is 5.75 Å². The summed E-state index contributed by atoms with van der Waals surface area (Å²) >= 11 is 12.9. The number of hydrogen-bond acceptors (Lipinski definition) is 3. The zero-order valence-electron chi connectivity index (χ0n) is 9.74. The van der Waals surface area contributed by atoms with E-state index in [-0.39, 0.29) is 4.99 Å². The van der Waals surface area contributed by atoms with Gasteiger partial charge in [-0.3, -0.25) is 0 Å². The van der Waals surface area contributed by atoms with Gasteiger partial charge in [-0.2, -0.15) is 11.8 Å². The van der Waals surface area contributed by atoms with Gasteiger partial charge in [0.25, 0.3) is 0 Å². The number of nitrogens with two attached hydrogens (primary N) is 1. The zero-order chi connectivity index (χ0) is 12.7. The molecule has 0 radical (unpaired) electrons. The Morgan fingerprint density at radius 2 is 2.29 bits per heavy atom. The Morgan fingerprint density at radius 1 is 1.53 bits per heavy atom. The van der Waals surface area contributed by atoms with Gasteiger partial charge in [0.05, 0.1) is 17.2 Å². The van der Waals surface area contributed by atoms with Gasteiger partial charge in [0, 0.05) is 0 Å². The number of hydrogen-bond donors (Lipinski definition) is 1. The van der Waals surface area contributed by atoms with Gasteiger partial charge in [-0.1, -0.05) is 36.8 Å². The minimum Gasteiger partial charge on any atom is -0.493 e. The average molecular weight is 290 g/mol. The molecule has 0 aliphatic rings. The molecule has 17 heavy (non-hydrogen) atoms. The summed E-state index contributed by atoms with van der Waals surface area (Å²) in [5.41, 5.74) is 6.26. The van der Waals surface area contributed by atoms with E-state index in [4.69, 9.17) is 34.3 Å². The maximum Gasteiger partial charge on any atom is 0.130 e. The third-order valence-corrected chi connectivity index (χ3v) is 3.62. The smallest absolute Gasteiger partial charge is 0.130 e. The van der Waals surface area contributed by atoms with Crippen LogP contribution < -0.4 is 10.5 Å². The van der Waals surface area contributed by atoms with Crippen molar-refractivity contribution in [2.45, 2.75) is 13.3 Å². The average Bonchev–Trinajstić information content (AvgIpc) is 2.28. The molecule has 0 amide bonds. The summed E-state index contributed by atoms with van der Waals surface area (Å²) in [7, 11) is 0. The molecule has 1 aromatic rings. The van der Waals surface area contributed by atoms with Gasteiger partial charge in [-0.25, -0.2) is 0 Å². The quantitative estimate of drug-likeness (QED) is 0.615. The highest BCUT2D eigenvalue weighted by atomic mass is 35.5. The van der Waals surface area contributed by atoms with Crippen molar-refractivity contribution in [1.29, 1.82) is 0 Å². The zero-order valence-corrected chi connectivity index (χ0v) is 12.1. The van der Waals surface area contributed by atoms with Crippen LogP contribution in [0.25, 0.3) is 0 Å². The van der Waals surface area contributed by atoms with Crippen LogP contribution in [0.4, 0.5) is 0 Å². The second-order valence-electron chi connectivity index (χ2n) is 3.38. The first-order chi connectivity index (χ1) is 8.16. The maximum atomic E-state index is 6.04. The third kappa shape index (κ3) is 4.74. The number of thiocarbonyl (C=S) groups is 1. The van der Waals surface area contributed by atoms with Crippen molar-refractivity contribution < 1.29 is 4.74 Å². The van der Waals surface area contributed by atoms with Gasteiger partial charge in [0.2, 0.25) is 0 Å². The van der Waals surface area contributed by atoms with Crippen molar-refractivity contribution in [1.82, 2.24) is 0 Å². The van der Waals surface area contributed by atoms with Gasteiger partial charge in [-0.15, -0.1) is 0 Å². The first kappa shape index (κ1) is 14.6. The molecule has 0 fully saturated rings. The monoisotopic (exact) mass is 289 g/mol. The lowest BCUT2D eigenvalue weighted by Gasteiger charge is -2.11. The topological polar surface area (TPSA) is 35.2 Å². The minimum absolute atomic E-state index is 0.272. The Morgan fingerprint density at radius 3 is 2.94 bits per heavy atom. The number of rotatable bonds is 7. The van der Waals surface area contributed by atoms with Gasteiger partial charge >= 0.3 is 0 Å². The Hall–Kier alpha value is -0.450. The Kier molecular flexibility index (Phi) is 6.70. The molecule has 0 aromatic heterocycles. The normalized spacial score (nSPS) is 10.2. The Labute approximate surface area is 117 Å². The van der Waals surface area contributed by atoms with Gasteiger partial charge < -0.3 is 10.5 Å². The number of thioether (sulfide) groups is 1. The second kappa shape index (κ2) is 7.80. The fourth-order valence-corrected chi connectivity index (χ4v) is 2.50. The van der Waals surface area contributed by atoms with E-state index in [9.17, 15) is 0 Å². The van der Waals surface area contributed by atoms with E-state index in [1.54, 1.807) is 6.07 Å². The lowest BCUT2D eigenvalue weighted by atomic mass is 10.2. The molecular weight excluding hydrogens is 274 g/mol. The van der Waals surface area contributed by atoms with Crippen molar-refractivity contribution >= 4 is 40.6 Å². The molecular formula is C12H16ClNOS2. The number of benzene rings is 1. The molecule has 1 rings (SSSR count). The summed E-state index contributed by atoms with van der Waals surface area (Å²) in [4.78, 5) is 0.272. The lowest BCUT2D eigenvalue weighted by molar-refractivity contribution is 0.318. The molecule has 0 aliphatic heterocycles. The van der Waals surface area contributed by atoms with Crippen molar-refractivity contribution in [3.63, 3.8) is 0 Å². The molecule has 0 saturated heterocycles. The standard InChI is InChI=1S/C12H16ClNOS2/c1-2-17-8-4-7-15-10-6-3-5-9(13)11(10)12(14)16/h3,5-6H,2,4,7-8H2,1H3,(H2,14,16). The van der Waals surface area contributed by atoms with Crippen LogP contribution in [-0.2, 0) is 0 Å². The maximum absolute atomic E-state index is 6.04. The van der Waals surface area contributed by atoms with Crippen LogP contribution in [-0.4, -0.2) is 23.1 Å². The van der Waals surface area contributed by atoms with Crippen LogP contribution in [0.3, 0.4) is 0 Å². The third-order valence-electron chi connectivity index (χ3n) is 2.12. The SMILES string of the molecule is CCSCCCOc1cccc(Cl)c1C(N)=S. The first-order valence-corrected chi connectivity index (χ1v) is 7.39. The molecule has 0 aliphatic carbocycles. The summed E-state index contributed by atoms with van der Waals surface area (Å²) in [5, 5.41) is 0.540. The highest BCUT2D eigenvalue weighted by molar-refractivity contribution is 7.99. The van der Waals surface area contributed by atoms with Crippen LogP contribution in [0, 0.1) is 0 Å². The van der Waals surface area contributed by atoms with E-state index >= 15 is 0 Å². The van der Waals surface area contributed by atoms with Crippen molar-refractivity contribution in [3.05, 3.63) is 28.8 Å². The Bertz CT molecular complexity index is 385. The fraction of sp³-hybridized carbons (Fsp3) is 0.417. The molecule has 2 nitrogen and oxygen atoms in total. The highest BCUT2D eigenvalue weighted by Gasteiger charge is 2.10. The van der Waals surface area contributed by atoms with Gasteiger partial charge in [0.1, 0.15) is 10.7 Å². The van der Waals surface area contributed by atoms with Gasteiger partial charge in [-0.05, 0) is 30.1 Å². The van der Waals surface area contributed by atoms with E-state index in [0.717, 1.165) is 17.9 Å². The summed E-state index contributed by atoms with van der Waals surface area (Å²) < 4.78 is 5.66. The van der Waals surface area contributed by atoms with Crippen LogP contribution >= 0.6 is 35.6 Å². The molecule has 0 saturated carbocycles. The van der Waals surface area contributed by atoms with E-state index in [0.29, 0.717) is 22.9 Å². The van der Waals surface area contributed by atoms with Crippen LogP contribution in [0.2, 0.25) is 5.02 Å². The molecule has 0 unspecified atom stereocenters.